The number of aromatic nitrogens is 1. The van der Waals surface area contributed by atoms with E-state index in [1.807, 2.05) is 0 Å². The molecule has 16 heavy (non-hydrogen) atoms. The first-order valence-electron chi connectivity index (χ1n) is 5.85. The predicted molar refractivity (Wildman–Crippen MR) is 68.8 cm³/mol. The van der Waals surface area contributed by atoms with Crippen LogP contribution < -0.4 is 5.73 Å². The second-order valence-corrected chi connectivity index (χ2v) is 5.32. The van der Waals surface area contributed by atoms with Crippen molar-refractivity contribution >= 4 is 16.5 Å². The zero-order valence-electron chi connectivity index (χ0n) is 9.85. The number of nitrogens with zero attached hydrogens (tertiary/aromatic N) is 3. The van der Waals surface area contributed by atoms with E-state index in [0.717, 1.165) is 18.7 Å². The molecule has 1 fully saturated rings. The van der Waals surface area contributed by atoms with Crippen molar-refractivity contribution in [3.05, 3.63) is 11.1 Å². The summed E-state index contributed by atoms with van der Waals surface area (Å²) in [6, 6.07) is 0. The largest absolute Gasteiger partial charge is 0.375 e. The predicted octanol–water partition coefficient (Wildman–Crippen LogP) is 0.905. The van der Waals surface area contributed by atoms with Gasteiger partial charge in [0.2, 0.25) is 0 Å². The van der Waals surface area contributed by atoms with Crippen LogP contribution in [0.2, 0.25) is 0 Å². The van der Waals surface area contributed by atoms with Gasteiger partial charge in [-0.3, -0.25) is 0 Å². The molecule has 0 aliphatic carbocycles. The second-order valence-electron chi connectivity index (χ2n) is 4.43. The van der Waals surface area contributed by atoms with Crippen LogP contribution in [-0.2, 0) is 6.42 Å². The minimum Gasteiger partial charge on any atom is -0.375 e. The zero-order valence-corrected chi connectivity index (χ0v) is 10.7. The van der Waals surface area contributed by atoms with Crippen LogP contribution in [0.4, 0.5) is 5.13 Å². The highest BCUT2D eigenvalue weighted by atomic mass is 32.1. The average Bonchev–Trinajstić information content (AvgIpc) is 2.56. The van der Waals surface area contributed by atoms with Gasteiger partial charge in [-0.2, -0.15) is 0 Å². The molecular formula is C11H20N4S. The molecule has 0 bridgehead atoms. The minimum atomic E-state index is 0.686. The number of nitrogens with two attached hydrogens (primary N) is 1. The summed E-state index contributed by atoms with van der Waals surface area (Å²) in [4.78, 5) is 9.22. The lowest BCUT2D eigenvalue weighted by Gasteiger charge is -2.19. The maximum atomic E-state index is 5.62. The van der Waals surface area contributed by atoms with Gasteiger partial charge in [0.05, 0.1) is 5.69 Å². The van der Waals surface area contributed by atoms with Crippen LogP contribution in [-0.4, -0.2) is 54.6 Å². The molecule has 0 saturated carbocycles. The van der Waals surface area contributed by atoms with Crippen molar-refractivity contribution in [2.24, 2.45) is 0 Å². The molecule has 1 aliphatic heterocycles. The molecular weight excluding hydrogens is 220 g/mol. The lowest BCUT2D eigenvalue weighted by molar-refractivity contribution is 0.279. The molecule has 4 nitrogen and oxygen atoms in total. The number of thiazole rings is 1. The van der Waals surface area contributed by atoms with Crippen molar-refractivity contribution in [1.82, 2.24) is 14.8 Å². The third kappa shape index (κ3) is 3.43. The number of rotatable bonds is 3. The average molecular weight is 240 g/mol. The Bertz CT molecular complexity index is 326. The molecule has 0 atom stereocenters. The van der Waals surface area contributed by atoms with Crippen molar-refractivity contribution in [3.8, 4) is 0 Å². The van der Waals surface area contributed by atoms with Gasteiger partial charge in [0, 0.05) is 31.4 Å². The Balaban J connectivity index is 1.77. The van der Waals surface area contributed by atoms with Crippen LogP contribution in [0.15, 0.2) is 5.38 Å². The fraction of sp³-hybridized carbons (Fsp3) is 0.727. The van der Waals surface area contributed by atoms with Crippen molar-refractivity contribution in [3.63, 3.8) is 0 Å². The van der Waals surface area contributed by atoms with E-state index in [4.69, 9.17) is 5.73 Å². The van der Waals surface area contributed by atoms with Gasteiger partial charge in [-0.05, 0) is 26.6 Å². The third-order valence-electron chi connectivity index (χ3n) is 3.07. The van der Waals surface area contributed by atoms with Gasteiger partial charge >= 0.3 is 0 Å². The summed E-state index contributed by atoms with van der Waals surface area (Å²) in [5.74, 6) is 0. The molecule has 0 spiro atoms. The van der Waals surface area contributed by atoms with Crippen LogP contribution >= 0.6 is 11.3 Å². The fourth-order valence-corrected chi connectivity index (χ4v) is 2.63. The fourth-order valence-electron chi connectivity index (χ4n) is 2.03. The topological polar surface area (TPSA) is 45.4 Å². The quantitative estimate of drug-likeness (QED) is 0.853. The summed E-state index contributed by atoms with van der Waals surface area (Å²) >= 11 is 1.54. The minimum absolute atomic E-state index is 0.686. The van der Waals surface area contributed by atoms with Crippen molar-refractivity contribution in [2.75, 3.05) is 45.5 Å². The smallest absolute Gasteiger partial charge is 0.180 e. The molecule has 0 aromatic carbocycles. The van der Waals surface area contributed by atoms with Gasteiger partial charge in [-0.1, -0.05) is 0 Å². The number of hydrogen-bond acceptors (Lipinski definition) is 5. The standard InChI is InChI=1S/C11H20N4S/c1-14-4-2-5-15(8-7-14)6-3-10-9-16-11(12)13-10/h9H,2-8H2,1H3,(H2,12,13). The molecule has 1 aromatic rings. The van der Waals surface area contributed by atoms with Crippen LogP contribution in [0.5, 0.6) is 0 Å². The normalized spacial score (nSPS) is 19.8. The lowest BCUT2D eigenvalue weighted by atomic mass is 10.3. The Morgan fingerprint density at radius 3 is 3.00 bits per heavy atom. The van der Waals surface area contributed by atoms with E-state index in [1.54, 1.807) is 0 Å². The summed E-state index contributed by atoms with van der Waals surface area (Å²) in [6.07, 6.45) is 2.30. The van der Waals surface area contributed by atoms with Gasteiger partial charge < -0.3 is 15.5 Å². The van der Waals surface area contributed by atoms with Gasteiger partial charge in [0.15, 0.2) is 5.13 Å². The zero-order chi connectivity index (χ0) is 11.4. The first-order chi connectivity index (χ1) is 7.74. The van der Waals surface area contributed by atoms with Gasteiger partial charge in [0.1, 0.15) is 0 Å². The number of anilines is 1. The molecule has 1 aromatic heterocycles. The number of hydrogen-bond donors (Lipinski definition) is 1. The second kappa shape index (κ2) is 5.61. The van der Waals surface area contributed by atoms with Crippen LogP contribution in [0.25, 0.3) is 0 Å². The van der Waals surface area contributed by atoms with Gasteiger partial charge in [0.25, 0.3) is 0 Å². The molecule has 1 aliphatic rings. The lowest BCUT2D eigenvalue weighted by Crippen LogP contribution is -2.30. The molecule has 1 saturated heterocycles. The summed E-state index contributed by atoms with van der Waals surface area (Å²) in [5, 5.41) is 2.75. The highest BCUT2D eigenvalue weighted by molar-refractivity contribution is 7.13. The van der Waals surface area contributed by atoms with E-state index in [-0.39, 0.29) is 0 Å². The van der Waals surface area contributed by atoms with E-state index in [2.05, 4.69) is 27.2 Å². The highest BCUT2D eigenvalue weighted by Gasteiger charge is 2.12. The van der Waals surface area contributed by atoms with Crippen molar-refractivity contribution in [1.29, 1.82) is 0 Å². The summed E-state index contributed by atoms with van der Waals surface area (Å²) in [6.45, 7) is 5.90. The van der Waals surface area contributed by atoms with Crippen molar-refractivity contribution < 1.29 is 0 Å². The van der Waals surface area contributed by atoms with Crippen LogP contribution in [0.3, 0.4) is 0 Å². The Hall–Kier alpha value is -0.650. The highest BCUT2D eigenvalue weighted by Crippen LogP contribution is 2.12. The SMILES string of the molecule is CN1CCCN(CCc2csc(N)n2)CC1. The Morgan fingerprint density at radius 1 is 1.38 bits per heavy atom. The van der Waals surface area contributed by atoms with Gasteiger partial charge in [-0.15, -0.1) is 11.3 Å². The maximum absolute atomic E-state index is 5.62. The Labute approximate surface area is 101 Å². The van der Waals surface area contributed by atoms with E-state index in [0.29, 0.717) is 5.13 Å². The molecule has 0 amide bonds. The molecule has 90 valence electrons. The first-order valence-corrected chi connectivity index (χ1v) is 6.73. The molecule has 2 rings (SSSR count). The third-order valence-corrected chi connectivity index (χ3v) is 3.79. The number of nitrogen functional groups attached to an aromatic ring is 1. The monoisotopic (exact) mass is 240 g/mol. The molecule has 0 unspecified atom stereocenters. The molecule has 5 heteroatoms. The maximum Gasteiger partial charge on any atom is 0.180 e. The molecule has 2 N–H and O–H groups in total. The molecule has 2 heterocycles. The van der Waals surface area contributed by atoms with Crippen molar-refractivity contribution in [2.45, 2.75) is 12.8 Å². The van der Waals surface area contributed by atoms with E-state index in [1.165, 1.54) is 43.9 Å². The van der Waals surface area contributed by atoms with Crippen LogP contribution in [0.1, 0.15) is 12.1 Å². The Morgan fingerprint density at radius 2 is 2.25 bits per heavy atom. The molecule has 0 radical (unpaired) electrons. The van der Waals surface area contributed by atoms with Crippen LogP contribution in [0, 0.1) is 0 Å². The van der Waals surface area contributed by atoms with Gasteiger partial charge in [-0.25, -0.2) is 4.98 Å². The van der Waals surface area contributed by atoms with E-state index in [9.17, 15) is 0 Å². The summed E-state index contributed by atoms with van der Waals surface area (Å²) < 4.78 is 0. The summed E-state index contributed by atoms with van der Waals surface area (Å²) in [7, 11) is 2.20. The first kappa shape index (κ1) is 11.8. The summed E-state index contributed by atoms with van der Waals surface area (Å²) in [5.41, 5.74) is 6.76. The Kier molecular flexibility index (Phi) is 4.15. The van der Waals surface area contributed by atoms with E-state index >= 15 is 0 Å². The number of likely N-dealkylation sites (N-methyl/N-ethyl adjacent to an activating group) is 1. The van der Waals surface area contributed by atoms with E-state index < -0.39 is 0 Å².